The van der Waals surface area contributed by atoms with E-state index in [0.717, 1.165) is 11.3 Å². The molecule has 0 amide bonds. The summed E-state index contributed by atoms with van der Waals surface area (Å²) in [5, 5.41) is 8.68. The van der Waals surface area contributed by atoms with Gasteiger partial charge in [-0.1, -0.05) is 6.07 Å². The quantitative estimate of drug-likeness (QED) is 0.723. The molecule has 0 saturated heterocycles. The minimum absolute atomic E-state index is 0.474. The number of rotatable bonds is 2. The van der Waals surface area contributed by atoms with Crippen molar-refractivity contribution in [2.45, 2.75) is 19.8 Å². The van der Waals surface area contributed by atoms with Crippen LogP contribution >= 0.6 is 0 Å². The molecule has 0 spiro atoms. The largest absolute Gasteiger partial charge is 0.481 e. The molecule has 0 aliphatic rings. The Morgan fingerprint density at radius 2 is 2.25 bits per heavy atom. The molecule has 64 valence electrons. The number of hydrogen-bond donors (Lipinski definition) is 1. The van der Waals surface area contributed by atoms with Crippen molar-refractivity contribution in [3.8, 4) is 0 Å². The maximum absolute atomic E-state index is 10.6. The molecule has 3 nitrogen and oxygen atoms in total. The number of carboxylic acids is 1. The average molecular weight is 165 g/mol. The van der Waals surface area contributed by atoms with Crippen LogP contribution in [0, 0.1) is 6.92 Å². The molecule has 3 heteroatoms. The molecule has 0 saturated carbocycles. The summed E-state index contributed by atoms with van der Waals surface area (Å²) >= 11 is 0. The van der Waals surface area contributed by atoms with E-state index in [1.54, 1.807) is 19.2 Å². The Morgan fingerprint density at radius 1 is 1.58 bits per heavy atom. The number of aliphatic carboxylic acids is 1. The number of carboxylic acid groups (broad SMARTS) is 1. The predicted molar refractivity (Wildman–Crippen MR) is 45.0 cm³/mol. The van der Waals surface area contributed by atoms with Crippen LogP contribution in [0.5, 0.6) is 0 Å². The smallest absolute Gasteiger partial charge is 0.310 e. The summed E-state index contributed by atoms with van der Waals surface area (Å²) in [6, 6.07) is 3.61. The lowest BCUT2D eigenvalue weighted by molar-refractivity contribution is -0.138. The van der Waals surface area contributed by atoms with Crippen molar-refractivity contribution >= 4 is 5.97 Å². The van der Waals surface area contributed by atoms with Gasteiger partial charge >= 0.3 is 5.97 Å². The lowest BCUT2D eigenvalue weighted by Crippen LogP contribution is -2.07. The van der Waals surface area contributed by atoms with Gasteiger partial charge in [0, 0.05) is 11.9 Å². The van der Waals surface area contributed by atoms with Crippen LogP contribution in [0.4, 0.5) is 0 Å². The number of hydrogen-bond acceptors (Lipinski definition) is 2. The van der Waals surface area contributed by atoms with Crippen LogP contribution in [0.3, 0.4) is 0 Å². The topological polar surface area (TPSA) is 50.2 Å². The average Bonchev–Trinajstić information content (AvgIpc) is 2.04. The molecule has 0 bridgehead atoms. The van der Waals surface area contributed by atoms with Gasteiger partial charge in [0.1, 0.15) is 0 Å². The number of pyridine rings is 1. The zero-order chi connectivity index (χ0) is 9.14. The third kappa shape index (κ3) is 1.81. The normalized spacial score (nSPS) is 12.5. The van der Waals surface area contributed by atoms with Crippen molar-refractivity contribution in [2.75, 3.05) is 0 Å². The maximum Gasteiger partial charge on any atom is 0.310 e. The fraction of sp³-hybridized carbons (Fsp3) is 0.333. The van der Waals surface area contributed by atoms with Crippen molar-refractivity contribution in [1.82, 2.24) is 4.98 Å². The van der Waals surface area contributed by atoms with Gasteiger partial charge in [0.15, 0.2) is 0 Å². The number of carbonyl (C=O) groups is 1. The van der Waals surface area contributed by atoms with Crippen LogP contribution in [0.15, 0.2) is 18.3 Å². The van der Waals surface area contributed by atoms with Gasteiger partial charge in [0.25, 0.3) is 0 Å². The fourth-order valence-corrected chi connectivity index (χ4v) is 0.878. The SMILES string of the molecule is Cc1ccc([C@@H](C)C(=O)O)cn1. The van der Waals surface area contributed by atoms with Gasteiger partial charge in [0.2, 0.25) is 0 Å². The summed E-state index contributed by atoms with van der Waals surface area (Å²) in [4.78, 5) is 14.6. The van der Waals surface area contributed by atoms with Gasteiger partial charge in [0.05, 0.1) is 5.92 Å². The van der Waals surface area contributed by atoms with E-state index >= 15 is 0 Å². The van der Waals surface area contributed by atoms with Crippen molar-refractivity contribution in [1.29, 1.82) is 0 Å². The molecule has 1 heterocycles. The van der Waals surface area contributed by atoms with Crippen LogP contribution in [-0.4, -0.2) is 16.1 Å². The molecule has 0 fully saturated rings. The monoisotopic (exact) mass is 165 g/mol. The van der Waals surface area contributed by atoms with E-state index in [9.17, 15) is 4.79 Å². The first-order chi connectivity index (χ1) is 5.61. The van der Waals surface area contributed by atoms with Crippen LogP contribution in [-0.2, 0) is 4.79 Å². The summed E-state index contributed by atoms with van der Waals surface area (Å²) in [6.45, 7) is 3.52. The second kappa shape index (κ2) is 3.34. The first-order valence-electron chi connectivity index (χ1n) is 3.76. The third-order valence-electron chi connectivity index (χ3n) is 1.80. The minimum Gasteiger partial charge on any atom is -0.481 e. The highest BCUT2D eigenvalue weighted by Crippen LogP contribution is 2.13. The summed E-state index contributed by atoms with van der Waals surface area (Å²) in [5.74, 6) is -1.29. The van der Waals surface area contributed by atoms with Crippen molar-refractivity contribution in [2.24, 2.45) is 0 Å². The summed E-state index contributed by atoms with van der Waals surface area (Å²) in [5.41, 5.74) is 1.64. The first kappa shape index (κ1) is 8.71. The number of nitrogens with zero attached hydrogens (tertiary/aromatic N) is 1. The zero-order valence-electron chi connectivity index (χ0n) is 7.11. The molecule has 0 aliphatic heterocycles. The molecule has 0 radical (unpaired) electrons. The highest BCUT2D eigenvalue weighted by Gasteiger charge is 2.12. The molecule has 12 heavy (non-hydrogen) atoms. The first-order valence-corrected chi connectivity index (χ1v) is 3.76. The van der Waals surface area contributed by atoms with Gasteiger partial charge in [-0.15, -0.1) is 0 Å². The molecule has 1 atom stereocenters. The third-order valence-corrected chi connectivity index (χ3v) is 1.80. The standard InChI is InChI=1S/C9H11NO2/c1-6-3-4-8(5-10-6)7(2)9(11)12/h3-5,7H,1-2H3,(H,11,12)/t7-/m1/s1. The Balaban J connectivity index is 2.89. The lowest BCUT2D eigenvalue weighted by atomic mass is 10.0. The maximum atomic E-state index is 10.6. The van der Waals surface area contributed by atoms with Gasteiger partial charge < -0.3 is 5.11 Å². The van der Waals surface area contributed by atoms with Crippen LogP contribution in [0.1, 0.15) is 24.1 Å². The highest BCUT2D eigenvalue weighted by molar-refractivity contribution is 5.75. The molecule has 0 aliphatic carbocycles. The van der Waals surface area contributed by atoms with Gasteiger partial charge in [-0.05, 0) is 25.5 Å². The van der Waals surface area contributed by atoms with Crippen LogP contribution in [0.25, 0.3) is 0 Å². The number of aryl methyl sites for hydroxylation is 1. The molecular formula is C9H11NO2. The van der Waals surface area contributed by atoms with Crippen LogP contribution in [0.2, 0.25) is 0 Å². The van der Waals surface area contributed by atoms with E-state index in [1.165, 1.54) is 0 Å². The highest BCUT2D eigenvalue weighted by atomic mass is 16.4. The Morgan fingerprint density at radius 3 is 2.67 bits per heavy atom. The van der Waals surface area contributed by atoms with E-state index in [0.29, 0.717) is 0 Å². The molecule has 0 aromatic carbocycles. The van der Waals surface area contributed by atoms with Crippen molar-refractivity contribution in [3.05, 3.63) is 29.6 Å². The molecule has 0 unspecified atom stereocenters. The van der Waals surface area contributed by atoms with Gasteiger partial charge in [-0.2, -0.15) is 0 Å². The van der Waals surface area contributed by atoms with E-state index in [2.05, 4.69) is 4.98 Å². The van der Waals surface area contributed by atoms with Crippen molar-refractivity contribution < 1.29 is 9.90 Å². The zero-order valence-corrected chi connectivity index (χ0v) is 7.11. The molecule has 1 aromatic heterocycles. The molecule has 1 aromatic rings. The summed E-state index contributed by atoms with van der Waals surface area (Å²) < 4.78 is 0. The fourth-order valence-electron chi connectivity index (χ4n) is 0.878. The van der Waals surface area contributed by atoms with E-state index < -0.39 is 11.9 Å². The van der Waals surface area contributed by atoms with Gasteiger partial charge in [-0.25, -0.2) is 0 Å². The van der Waals surface area contributed by atoms with Gasteiger partial charge in [-0.3, -0.25) is 9.78 Å². The molecule has 1 N–H and O–H groups in total. The predicted octanol–water partition coefficient (Wildman–Crippen LogP) is 1.58. The van der Waals surface area contributed by atoms with E-state index in [4.69, 9.17) is 5.11 Å². The lowest BCUT2D eigenvalue weighted by Gasteiger charge is -2.04. The second-order valence-corrected chi connectivity index (χ2v) is 2.79. The Hall–Kier alpha value is -1.38. The summed E-state index contributed by atoms with van der Waals surface area (Å²) in [7, 11) is 0. The number of aromatic nitrogens is 1. The Kier molecular flexibility index (Phi) is 2.43. The van der Waals surface area contributed by atoms with Crippen molar-refractivity contribution in [3.63, 3.8) is 0 Å². The minimum atomic E-state index is -0.819. The van der Waals surface area contributed by atoms with E-state index in [-0.39, 0.29) is 0 Å². The Bertz CT molecular complexity index is 279. The van der Waals surface area contributed by atoms with E-state index in [1.807, 2.05) is 13.0 Å². The molecular weight excluding hydrogens is 154 g/mol. The second-order valence-electron chi connectivity index (χ2n) is 2.79. The molecule has 1 rings (SSSR count). The Labute approximate surface area is 71.1 Å². The summed E-state index contributed by atoms with van der Waals surface area (Å²) in [6.07, 6.45) is 1.61. The van der Waals surface area contributed by atoms with Crippen LogP contribution < -0.4 is 0 Å².